The molecule has 56 heavy (non-hydrogen) atoms. The van der Waals surface area contributed by atoms with Gasteiger partial charge in [-0.2, -0.15) is 0 Å². The van der Waals surface area contributed by atoms with Crippen molar-refractivity contribution < 1.29 is 29.3 Å². The highest BCUT2D eigenvalue weighted by Gasteiger charge is 2.47. The lowest BCUT2D eigenvalue weighted by Crippen LogP contribution is -2.50. The number of aromatic amines is 1. The van der Waals surface area contributed by atoms with Crippen molar-refractivity contribution in [2.45, 2.75) is 50.9 Å². The largest absolute Gasteiger partial charge is 0.506 e. The van der Waals surface area contributed by atoms with Crippen molar-refractivity contribution >= 4 is 45.9 Å². The Morgan fingerprint density at radius 1 is 0.964 bits per heavy atom. The van der Waals surface area contributed by atoms with Crippen LogP contribution in [0.25, 0.3) is 22.0 Å². The summed E-state index contributed by atoms with van der Waals surface area (Å²) in [6.07, 6.45) is 2.53. The number of piperidine rings is 1. The van der Waals surface area contributed by atoms with E-state index < -0.39 is 12.2 Å². The molecule has 6 N–H and O–H groups in total. The number of aromatic nitrogens is 1. The molecule has 1 aliphatic heterocycles. The molecular weight excluding hydrogens is 734 g/mol. The van der Waals surface area contributed by atoms with Crippen LogP contribution >= 0.6 is 11.6 Å². The van der Waals surface area contributed by atoms with Crippen LogP contribution in [0.15, 0.2) is 95.8 Å². The molecule has 1 aliphatic carbocycles. The van der Waals surface area contributed by atoms with E-state index in [4.69, 9.17) is 21.1 Å². The van der Waals surface area contributed by atoms with Gasteiger partial charge in [-0.3, -0.25) is 14.9 Å². The smallest absolute Gasteiger partial charge is 0.411 e. The van der Waals surface area contributed by atoms with Gasteiger partial charge in [0.25, 0.3) is 0 Å². The third kappa shape index (κ3) is 9.00. The Balaban J connectivity index is 0.834. The summed E-state index contributed by atoms with van der Waals surface area (Å²) < 4.78 is 11.4. The van der Waals surface area contributed by atoms with E-state index >= 15 is 0 Å². The number of rotatable bonds is 13. The number of hydrogen-bond acceptors (Lipinski definition) is 9. The number of amides is 2. The monoisotopic (exact) mass is 779 g/mol. The predicted molar refractivity (Wildman–Crippen MR) is 217 cm³/mol. The van der Waals surface area contributed by atoms with Gasteiger partial charge in [-0.1, -0.05) is 66.2 Å². The number of phenolic OH excluding ortho intramolecular Hbond substituents is 1. The molecule has 2 fully saturated rings. The Morgan fingerprint density at radius 2 is 1.71 bits per heavy atom. The summed E-state index contributed by atoms with van der Waals surface area (Å²) in [6.45, 7) is 2.87. The van der Waals surface area contributed by atoms with Crippen molar-refractivity contribution in [3.8, 4) is 22.6 Å². The molecule has 1 saturated carbocycles. The number of likely N-dealkylation sites (tertiary alicyclic amines) is 1. The zero-order valence-corrected chi connectivity index (χ0v) is 31.9. The minimum atomic E-state index is -0.929. The summed E-state index contributed by atoms with van der Waals surface area (Å²) in [6, 6.07) is 27.0. The first-order chi connectivity index (χ1) is 27.1. The molecule has 0 radical (unpaired) electrons. The lowest BCUT2D eigenvalue weighted by atomic mass is 9.61. The van der Waals surface area contributed by atoms with E-state index in [1.54, 1.807) is 24.3 Å². The number of benzene rings is 4. The molecule has 5 aromatic rings. The minimum Gasteiger partial charge on any atom is -0.506 e. The maximum atomic E-state index is 13.0. The summed E-state index contributed by atoms with van der Waals surface area (Å²) in [5.41, 5.74) is 4.52. The summed E-state index contributed by atoms with van der Waals surface area (Å²) >= 11 is 6.61. The number of carbonyl (C=O) groups is 2. The van der Waals surface area contributed by atoms with Crippen LogP contribution in [0.1, 0.15) is 49.3 Å². The number of H-pyrrole nitrogens is 1. The van der Waals surface area contributed by atoms with E-state index in [1.807, 2.05) is 54.6 Å². The van der Waals surface area contributed by atoms with Crippen LogP contribution in [0.4, 0.5) is 16.2 Å². The van der Waals surface area contributed by atoms with Gasteiger partial charge in [-0.25, -0.2) is 4.79 Å². The fourth-order valence-electron chi connectivity index (χ4n) is 7.90. The van der Waals surface area contributed by atoms with Gasteiger partial charge in [0.1, 0.15) is 17.6 Å². The van der Waals surface area contributed by atoms with Crippen molar-refractivity contribution in [1.29, 1.82) is 0 Å². The quantitative estimate of drug-likeness (QED) is 0.0725. The third-order valence-corrected chi connectivity index (χ3v) is 11.3. The second-order valence-corrected chi connectivity index (χ2v) is 15.1. The Kier molecular flexibility index (Phi) is 11.9. The number of para-hydroxylation sites is 1. The maximum Gasteiger partial charge on any atom is 0.411 e. The first-order valence-electron chi connectivity index (χ1n) is 18.8. The van der Waals surface area contributed by atoms with Crippen molar-refractivity contribution in [1.82, 2.24) is 15.2 Å². The average molecular weight is 780 g/mol. The fraction of sp³-hybridized carbons (Fsp3) is 0.326. The zero-order valence-electron chi connectivity index (χ0n) is 31.1. The van der Waals surface area contributed by atoms with E-state index in [2.05, 4.69) is 25.8 Å². The molecule has 2 aliphatic rings. The fourth-order valence-corrected chi connectivity index (χ4v) is 8.13. The number of nitrogens with one attached hydrogen (secondary N) is 4. The second-order valence-electron chi connectivity index (χ2n) is 14.7. The van der Waals surface area contributed by atoms with Crippen molar-refractivity contribution in [2.75, 3.05) is 43.9 Å². The molecule has 4 aromatic carbocycles. The Labute approximate surface area is 329 Å². The number of methoxy groups -OCH3 is 1. The SMILES string of the molecule is COc1cc(NC(=O)CCN2CCC3(CC2)CC(OC(=O)Nc2ccccc2-c2ccccc2)C3)c(Cl)cc1CNC[C@H](O)c1ccc(O)c2[nH]c(=O)ccc12. The molecule has 7 rings (SSSR count). The highest BCUT2D eigenvalue weighted by molar-refractivity contribution is 6.33. The summed E-state index contributed by atoms with van der Waals surface area (Å²) in [5.74, 6) is 0.300. The third-order valence-electron chi connectivity index (χ3n) is 11.0. The van der Waals surface area contributed by atoms with Gasteiger partial charge >= 0.3 is 6.09 Å². The number of halogens is 1. The molecule has 2 amide bonds. The van der Waals surface area contributed by atoms with Crippen LogP contribution in [-0.2, 0) is 16.1 Å². The molecule has 1 atom stereocenters. The first kappa shape index (κ1) is 38.9. The lowest BCUT2D eigenvalue weighted by Gasteiger charge is -2.51. The molecule has 0 unspecified atom stereocenters. The number of hydrogen-bond donors (Lipinski definition) is 6. The number of aliphatic hydroxyl groups is 1. The van der Waals surface area contributed by atoms with E-state index in [9.17, 15) is 24.6 Å². The average Bonchev–Trinajstić information content (AvgIpc) is 3.18. The molecule has 0 bridgehead atoms. The van der Waals surface area contributed by atoms with Gasteiger partial charge in [0, 0.05) is 54.7 Å². The van der Waals surface area contributed by atoms with E-state index in [0.717, 1.165) is 61.2 Å². The topological polar surface area (TPSA) is 165 Å². The van der Waals surface area contributed by atoms with Gasteiger partial charge in [0.2, 0.25) is 11.5 Å². The summed E-state index contributed by atoms with van der Waals surface area (Å²) in [5, 5.41) is 31.1. The maximum absolute atomic E-state index is 13.0. The number of aromatic hydroxyl groups is 1. The van der Waals surface area contributed by atoms with Gasteiger partial charge in [0.15, 0.2) is 0 Å². The van der Waals surface area contributed by atoms with Crippen LogP contribution in [0, 0.1) is 5.41 Å². The van der Waals surface area contributed by atoms with Gasteiger partial charge < -0.3 is 40.2 Å². The number of aliphatic hydroxyl groups excluding tert-OH is 1. The molecule has 292 valence electrons. The molecule has 13 heteroatoms. The predicted octanol–water partition coefficient (Wildman–Crippen LogP) is 7.21. The van der Waals surface area contributed by atoms with Crippen molar-refractivity contribution in [3.05, 3.63) is 117 Å². The molecule has 1 spiro atoms. The number of ether oxygens (including phenoxy) is 2. The lowest BCUT2D eigenvalue weighted by molar-refractivity contribution is -0.116. The van der Waals surface area contributed by atoms with Crippen molar-refractivity contribution in [3.63, 3.8) is 0 Å². The minimum absolute atomic E-state index is 0.0753. The van der Waals surface area contributed by atoms with E-state index in [0.29, 0.717) is 46.9 Å². The molecule has 1 aromatic heterocycles. The summed E-state index contributed by atoms with van der Waals surface area (Å²) in [4.78, 5) is 42.5. The van der Waals surface area contributed by atoms with E-state index in [-0.39, 0.29) is 40.8 Å². The Bertz CT molecular complexity index is 2250. The van der Waals surface area contributed by atoms with Crippen molar-refractivity contribution in [2.24, 2.45) is 5.41 Å². The molecule has 2 heterocycles. The number of anilines is 2. The Morgan fingerprint density at radius 3 is 2.48 bits per heavy atom. The van der Waals surface area contributed by atoms with Crippen LogP contribution in [0.3, 0.4) is 0 Å². The van der Waals surface area contributed by atoms with Gasteiger partial charge in [0.05, 0.1) is 35.1 Å². The Hall–Kier alpha value is -5.40. The number of nitrogens with zero attached hydrogens (tertiary/aromatic N) is 1. The zero-order chi connectivity index (χ0) is 39.2. The standard InChI is InChI=1S/C43H46ClN5O7/c1-55-38-22-35(33(44)21-28(38)25-45-26-37(51)31-11-13-36(50)41-32(31)12-14-39(52)48-41)46-40(53)15-18-49-19-16-43(17-20-49)23-29(24-43)56-42(54)47-34-10-6-5-9-30(34)27-7-3-2-4-8-27/h2-14,21-22,29,37,45,50-51H,15-20,23-26H2,1H3,(H,46,53)(H,47,54)(H,48,52)/t37-/m0/s1. The summed E-state index contributed by atoms with van der Waals surface area (Å²) in [7, 11) is 1.54. The van der Waals surface area contributed by atoms with Crippen LogP contribution in [-0.4, -0.2) is 71.5 Å². The molecular formula is C43H46ClN5O7. The van der Waals surface area contributed by atoms with Crippen LogP contribution in [0.5, 0.6) is 11.5 Å². The number of phenols is 1. The number of pyridine rings is 1. The molecule has 1 saturated heterocycles. The highest BCUT2D eigenvalue weighted by Crippen LogP contribution is 2.50. The van der Waals surface area contributed by atoms with Crippen LogP contribution in [0.2, 0.25) is 5.02 Å². The van der Waals surface area contributed by atoms with E-state index in [1.165, 1.54) is 19.2 Å². The van der Waals surface area contributed by atoms with Gasteiger partial charge in [-0.15, -0.1) is 0 Å². The normalized spacial score (nSPS) is 15.9. The highest BCUT2D eigenvalue weighted by atomic mass is 35.5. The van der Waals surface area contributed by atoms with Crippen LogP contribution < -0.4 is 26.2 Å². The molecule has 12 nitrogen and oxygen atoms in total. The second kappa shape index (κ2) is 17.2. The first-order valence-corrected chi connectivity index (χ1v) is 19.2. The van der Waals surface area contributed by atoms with Gasteiger partial charge in [-0.05, 0) is 79.6 Å². The number of carbonyl (C=O) groups excluding carboxylic acids is 2. The number of fused-ring (bicyclic) bond motifs is 1.